The molecular weight excluding hydrogens is 284 g/mol. The Balaban J connectivity index is 2.21. The molecule has 0 saturated heterocycles. The van der Waals surface area contributed by atoms with E-state index in [1.807, 2.05) is 13.0 Å². The molecule has 0 bridgehead atoms. The molecule has 0 spiro atoms. The van der Waals surface area contributed by atoms with Crippen molar-refractivity contribution in [1.29, 1.82) is 0 Å². The summed E-state index contributed by atoms with van der Waals surface area (Å²) in [6.07, 6.45) is 5.58. The van der Waals surface area contributed by atoms with Crippen molar-refractivity contribution in [3.05, 3.63) is 33.8 Å². The zero-order chi connectivity index (χ0) is 15.6. The minimum Gasteiger partial charge on any atom is -0.370 e. The number of benzene rings is 1. The highest BCUT2D eigenvalue weighted by atomic mass is 35.5. The second kappa shape index (κ2) is 6.37. The highest BCUT2D eigenvalue weighted by molar-refractivity contribution is 6.31. The number of primary amides is 1. The smallest absolute Gasteiger partial charge is 0.217 e. The molecule has 21 heavy (non-hydrogen) atoms. The fourth-order valence-corrected chi connectivity index (χ4v) is 3.97. The van der Waals surface area contributed by atoms with Crippen molar-refractivity contribution in [1.82, 2.24) is 0 Å². The van der Waals surface area contributed by atoms with E-state index in [1.54, 1.807) is 0 Å². The lowest BCUT2D eigenvalue weighted by molar-refractivity contribution is -0.120. The molecule has 1 unspecified atom stereocenters. The number of aryl methyl sites for hydroxylation is 2. The second-order valence-electron chi connectivity index (χ2n) is 6.62. The van der Waals surface area contributed by atoms with E-state index in [4.69, 9.17) is 23.1 Å². The predicted octanol–water partition coefficient (Wildman–Crippen LogP) is 3.78. The molecule has 1 aliphatic rings. The van der Waals surface area contributed by atoms with Crippen LogP contribution in [0.15, 0.2) is 12.1 Å². The van der Waals surface area contributed by atoms with E-state index in [2.05, 4.69) is 13.0 Å². The van der Waals surface area contributed by atoms with Crippen LogP contribution in [0.25, 0.3) is 0 Å². The molecule has 1 amide bonds. The van der Waals surface area contributed by atoms with Crippen LogP contribution in [-0.4, -0.2) is 5.91 Å². The Morgan fingerprint density at radius 3 is 2.43 bits per heavy atom. The van der Waals surface area contributed by atoms with Gasteiger partial charge in [0.2, 0.25) is 5.91 Å². The fraction of sp³-hybridized carbons (Fsp3) is 0.588. The number of carbonyl (C=O) groups excluding carboxylic acids is 1. The molecule has 3 nitrogen and oxygen atoms in total. The Kier molecular flexibility index (Phi) is 4.95. The molecule has 1 atom stereocenters. The van der Waals surface area contributed by atoms with Crippen LogP contribution in [0.3, 0.4) is 0 Å². The van der Waals surface area contributed by atoms with E-state index >= 15 is 0 Å². The molecule has 1 aromatic carbocycles. The first kappa shape index (κ1) is 16.3. The van der Waals surface area contributed by atoms with Gasteiger partial charge < -0.3 is 11.5 Å². The Morgan fingerprint density at radius 2 is 1.86 bits per heavy atom. The minimum absolute atomic E-state index is 0.0344. The number of nitrogens with two attached hydrogens (primary N) is 2. The van der Waals surface area contributed by atoms with Gasteiger partial charge in [-0.05, 0) is 61.3 Å². The standard InChI is InChI=1S/C17H25ClN2O/c1-11-7-13(14(18)8-12(11)2)15(19)9-17(10-16(20)21)5-3-4-6-17/h7-8,15H,3-6,9-10,19H2,1-2H3,(H2,20,21). The molecular formula is C17H25ClN2O. The van der Waals surface area contributed by atoms with Crippen molar-refractivity contribution in [2.45, 2.75) is 58.4 Å². The van der Waals surface area contributed by atoms with E-state index in [1.165, 1.54) is 11.1 Å². The van der Waals surface area contributed by atoms with Crippen LogP contribution >= 0.6 is 11.6 Å². The van der Waals surface area contributed by atoms with E-state index in [-0.39, 0.29) is 17.4 Å². The number of hydrogen-bond donors (Lipinski definition) is 2. The van der Waals surface area contributed by atoms with Crippen molar-refractivity contribution in [2.24, 2.45) is 16.9 Å². The van der Waals surface area contributed by atoms with Gasteiger partial charge in [-0.3, -0.25) is 4.79 Å². The van der Waals surface area contributed by atoms with Crippen molar-refractivity contribution in [2.75, 3.05) is 0 Å². The Bertz CT molecular complexity index is 536. The summed E-state index contributed by atoms with van der Waals surface area (Å²) in [6, 6.07) is 3.91. The maximum absolute atomic E-state index is 11.4. The van der Waals surface area contributed by atoms with Crippen LogP contribution in [-0.2, 0) is 4.79 Å². The predicted molar refractivity (Wildman–Crippen MR) is 87.2 cm³/mol. The minimum atomic E-state index is -0.227. The molecule has 1 aromatic rings. The van der Waals surface area contributed by atoms with Crippen LogP contribution in [0.2, 0.25) is 5.02 Å². The zero-order valence-electron chi connectivity index (χ0n) is 12.9. The number of rotatable bonds is 5. The monoisotopic (exact) mass is 308 g/mol. The summed E-state index contributed by atoms with van der Waals surface area (Å²) in [5.41, 5.74) is 15.2. The van der Waals surface area contributed by atoms with E-state index in [0.717, 1.165) is 42.7 Å². The molecule has 1 saturated carbocycles. The highest BCUT2D eigenvalue weighted by Gasteiger charge is 2.37. The molecule has 2 rings (SSSR count). The third kappa shape index (κ3) is 3.78. The van der Waals surface area contributed by atoms with Crippen molar-refractivity contribution in [3.8, 4) is 0 Å². The van der Waals surface area contributed by atoms with E-state index < -0.39 is 0 Å². The summed E-state index contributed by atoms with van der Waals surface area (Å²) < 4.78 is 0. The largest absolute Gasteiger partial charge is 0.370 e. The second-order valence-corrected chi connectivity index (χ2v) is 7.03. The van der Waals surface area contributed by atoms with Gasteiger partial charge in [0.05, 0.1) is 0 Å². The molecule has 1 aliphatic carbocycles. The Hall–Kier alpha value is -1.06. The Morgan fingerprint density at radius 1 is 1.29 bits per heavy atom. The maximum atomic E-state index is 11.4. The van der Waals surface area contributed by atoms with Crippen LogP contribution < -0.4 is 11.5 Å². The third-order valence-corrected chi connectivity index (χ3v) is 5.21. The summed E-state index contributed by atoms with van der Waals surface area (Å²) in [5.74, 6) is -0.227. The van der Waals surface area contributed by atoms with Crippen LogP contribution in [0.4, 0.5) is 0 Å². The maximum Gasteiger partial charge on any atom is 0.217 e. The van der Waals surface area contributed by atoms with Gasteiger partial charge in [0.1, 0.15) is 0 Å². The van der Waals surface area contributed by atoms with E-state index in [0.29, 0.717) is 6.42 Å². The van der Waals surface area contributed by atoms with Gasteiger partial charge in [-0.15, -0.1) is 0 Å². The van der Waals surface area contributed by atoms with Gasteiger partial charge in [-0.25, -0.2) is 0 Å². The summed E-state index contributed by atoms with van der Waals surface area (Å²) in [6.45, 7) is 4.11. The average molecular weight is 309 g/mol. The first-order valence-corrected chi connectivity index (χ1v) is 8.01. The lowest BCUT2D eigenvalue weighted by Crippen LogP contribution is -2.29. The fourth-order valence-electron chi connectivity index (χ4n) is 3.61. The van der Waals surface area contributed by atoms with Crippen molar-refractivity contribution in [3.63, 3.8) is 0 Å². The van der Waals surface area contributed by atoms with Crippen LogP contribution in [0, 0.1) is 19.3 Å². The third-order valence-electron chi connectivity index (χ3n) is 4.88. The van der Waals surface area contributed by atoms with Gasteiger partial charge in [0.25, 0.3) is 0 Å². The number of hydrogen-bond acceptors (Lipinski definition) is 2. The quantitative estimate of drug-likeness (QED) is 0.869. The molecule has 1 fully saturated rings. The molecule has 0 heterocycles. The van der Waals surface area contributed by atoms with Crippen molar-refractivity contribution < 1.29 is 4.79 Å². The summed E-state index contributed by atoms with van der Waals surface area (Å²) in [5, 5.41) is 0.720. The zero-order valence-corrected chi connectivity index (χ0v) is 13.7. The lowest BCUT2D eigenvalue weighted by Gasteiger charge is -2.31. The highest BCUT2D eigenvalue weighted by Crippen LogP contribution is 2.47. The van der Waals surface area contributed by atoms with Gasteiger partial charge >= 0.3 is 0 Å². The summed E-state index contributed by atoms with van der Waals surface area (Å²) in [4.78, 5) is 11.4. The number of halogens is 1. The lowest BCUT2D eigenvalue weighted by atomic mass is 9.75. The van der Waals surface area contributed by atoms with Gasteiger partial charge in [-0.1, -0.05) is 30.5 Å². The first-order chi connectivity index (χ1) is 9.83. The van der Waals surface area contributed by atoms with E-state index in [9.17, 15) is 4.79 Å². The van der Waals surface area contributed by atoms with Crippen molar-refractivity contribution >= 4 is 17.5 Å². The van der Waals surface area contributed by atoms with Gasteiger partial charge in [0, 0.05) is 17.5 Å². The molecule has 4 N–H and O–H groups in total. The topological polar surface area (TPSA) is 69.1 Å². The normalized spacial score (nSPS) is 18.7. The van der Waals surface area contributed by atoms with Crippen LogP contribution in [0.5, 0.6) is 0 Å². The molecule has 116 valence electrons. The SMILES string of the molecule is Cc1cc(Cl)c(C(N)CC2(CC(N)=O)CCCC2)cc1C. The molecule has 0 aliphatic heterocycles. The summed E-state index contributed by atoms with van der Waals surface area (Å²) >= 11 is 6.36. The van der Waals surface area contributed by atoms with Crippen LogP contribution in [0.1, 0.15) is 61.3 Å². The number of amides is 1. The number of carbonyl (C=O) groups is 1. The molecule has 4 heteroatoms. The van der Waals surface area contributed by atoms with Gasteiger partial charge in [-0.2, -0.15) is 0 Å². The Labute approximate surface area is 132 Å². The molecule has 0 radical (unpaired) electrons. The first-order valence-electron chi connectivity index (χ1n) is 7.63. The molecule has 0 aromatic heterocycles. The summed E-state index contributed by atoms with van der Waals surface area (Å²) in [7, 11) is 0. The average Bonchev–Trinajstić information content (AvgIpc) is 2.80. The van der Waals surface area contributed by atoms with Gasteiger partial charge in [0.15, 0.2) is 0 Å².